The molecule has 0 aliphatic heterocycles. The van der Waals surface area contributed by atoms with Gasteiger partial charge in [0, 0.05) is 12.7 Å². The second kappa shape index (κ2) is 10.9. The third-order valence-electron chi connectivity index (χ3n) is 9.29. The van der Waals surface area contributed by atoms with Gasteiger partial charge in [0.2, 0.25) is 0 Å². The number of ether oxygens (including phenoxy) is 4. The molecule has 1 unspecified atom stereocenters. The third kappa shape index (κ3) is 5.31. The fraction of sp³-hybridized carbons (Fsp3) is 0.500. The number of rotatable bonds is 10. The van der Waals surface area contributed by atoms with Crippen LogP contribution in [0.4, 0.5) is 0 Å². The van der Waals surface area contributed by atoms with Gasteiger partial charge in [-0.2, -0.15) is 0 Å². The van der Waals surface area contributed by atoms with E-state index in [1.807, 2.05) is 38.1 Å². The Kier molecular flexibility index (Phi) is 7.39. The number of carbonyl (C=O) groups is 1. The molecule has 0 amide bonds. The molecule has 5 nitrogen and oxygen atoms in total. The summed E-state index contributed by atoms with van der Waals surface area (Å²) in [6, 6.07) is 18.9. The van der Waals surface area contributed by atoms with Crippen LogP contribution in [0.5, 0.6) is 5.75 Å². The van der Waals surface area contributed by atoms with Crippen molar-refractivity contribution >= 4 is 16.7 Å². The van der Waals surface area contributed by atoms with E-state index in [-0.39, 0.29) is 24.5 Å². The van der Waals surface area contributed by atoms with Crippen molar-refractivity contribution in [2.24, 2.45) is 17.8 Å². The molecule has 39 heavy (non-hydrogen) atoms. The lowest BCUT2D eigenvalue weighted by atomic mass is 9.48. The van der Waals surface area contributed by atoms with Gasteiger partial charge in [-0.25, -0.2) is 4.79 Å². The van der Waals surface area contributed by atoms with Gasteiger partial charge in [-0.3, -0.25) is 0 Å². The quantitative estimate of drug-likeness (QED) is 0.198. The Balaban J connectivity index is 1.34. The smallest absolute Gasteiger partial charge is 0.338 e. The molecular weight excluding hydrogens is 488 g/mol. The molecule has 4 aliphatic rings. The standard InChI is InChI=1S/C34H40O5/c1-4-11-37-33(35)27-7-5-26(6-8-27)28-9-10-29-17-32(39-21-38-22(2)36-3)31(16-30(29)15-28)34-18-23-12-24(19-34)14-25(13-23)20-34/h5-10,15-17,22-25H,4,11-14,18-21H2,1-3H3. The van der Waals surface area contributed by atoms with Crippen molar-refractivity contribution in [3.05, 3.63) is 65.7 Å². The maximum Gasteiger partial charge on any atom is 0.338 e. The Morgan fingerprint density at radius 2 is 1.56 bits per heavy atom. The molecule has 1 atom stereocenters. The summed E-state index contributed by atoms with van der Waals surface area (Å²) in [4.78, 5) is 12.2. The molecule has 3 aromatic carbocycles. The topological polar surface area (TPSA) is 54.0 Å². The van der Waals surface area contributed by atoms with Gasteiger partial charge >= 0.3 is 5.97 Å². The minimum Gasteiger partial charge on any atom is -0.467 e. The average molecular weight is 529 g/mol. The van der Waals surface area contributed by atoms with E-state index in [0.717, 1.165) is 46.4 Å². The van der Waals surface area contributed by atoms with Crippen molar-refractivity contribution < 1.29 is 23.7 Å². The minimum absolute atomic E-state index is 0.172. The summed E-state index contributed by atoms with van der Waals surface area (Å²) in [5, 5.41) is 2.38. The Morgan fingerprint density at radius 3 is 2.21 bits per heavy atom. The first-order valence-electron chi connectivity index (χ1n) is 14.6. The summed E-state index contributed by atoms with van der Waals surface area (Å²) in [6.07, 6.45) is 8.54. The monoisotopic (exact) mass is 528 g/mol. The summed E-state index contributed by atoms with van der Waals surface area (Å²) in [7, 11) is 1.64. The van der Waals surface area contributed by atoms with Gasteiger partial charge in [0.05, 0.1) is 12.2 Å². The second-order valence-corrected chi connectivity index (χ2v) is 12.1. The van der Waals surface area contributed by atoms with Crippen LogP contribution in [-0.2, 0) is 19.6 Å². The number of methoxy groups -OCH3 is 1. The Hall–Kier alpha value is -2.89. The summed E-state index contributed by atoms with van der Waals surface area (Å²) in [5.41, 5.74) is 4.36. The zero-order valence-corrected chi connectivity index (χ0v) is 23.4. The van der Waals surface area contributed by atoms with Crippen LogP contribution >= 0.6 is 0 Å². The zero-order valence-electron chi connectivity index (χ0n) is 23.4. The SMILES string of the molecule is CCCOC(=O)c1ccc(-c2ccc3cc(OCOC(C)OC)c(C45CC6CC(CC(C6)C4)C5)cc3c2)cc1. The fourth-order valence-electron chi connectivity index (χ4n) is 7.77. The third-order valence-corrected chi connectivity index (χ3v) is 9.29. The first-order chi connectivity index (χ1) is 19.0. The number of esters is 1. The van der Waals surface area contributed by atoms with Crippen LogP contribution in [0.3, 0.4) is 0 Å². The van der Waals surface area contributed by atoms with E-state index in [1.54, 1.807) is 7.11 Å². The van der Waals surface area contributed by atoms with Crippen molar-refractivity contribution in [1.29, 1.82) is 0 Å². The molecule has 4 bridgehead atoms. The Morgan fingerprint density at radius 1 is 0.897 bits per heavy atom. The van der Waals surface area contributed by atoms with Crippen LogP contribution < -0.4 is 4.74 Å². The maximum atomic E-state index is 12.2. The van der Waals surface area contributed by atoms with Crippen LogP contribution in [0.25, 0.3) is 21.9 Å². The van der Waals surface area contributed by atoms with Gasteiger partial charge in [0.25, 0.3) is 0 Å². The molecule has 0 N–H and O–H groups in total. The largest absolute Gasteiger partial charge is 0.467 e. The molecule has 5 heteroatoms. The van der Waals surface area contributed by atoms with Gasteiger partial charge in [-0.15, -0.1) is 0 Å². The van der Waals surface area contributed by atoms with E-state index in [1.165, 1.54) is 49.5 Å². The number of hydrogen-bond donors (Lipinski definition) is 0. The molecule has 4 fully saturated rings. The lowest BCUT2D eigenvalue weighted by Crippen LogP contribution is -2.48. The lowest BCUT2D eigenvalue weighted by Gasteiger charge is -2.57. The Labute approximate surface area is 231 Å². The van der Waals surface area contributed by atoms with Gasteiger partial charge in [0.1, 0.15) is 5.75 Å². The highest BCUT2D eigenvalue weighted by atomic mass is 16.7. The average Bonchev–Trinajstić information content (AvgIpc) is 2.94. The summed E-state index contributed by atoms with van der Waals surface area (Å²) in [6.45, 7) is 4.49. The number of carbonyl (C=O) groups excluding carboxylic acids is 1. The molecule has 206 valence electrons. The van der Waals surface area contributed by atoms with Crippen molar-refractivity contribution in [3.8, 4) is 16.9 Å². The molecule has 0 spiro atoms. The van der Waals surface area contributed by atoms with E-state index in [4.69, 9.17) is 18.9 Å². The fourth-order valence-corrected chi connectivity index (χ4v) is 7.77. The number of hydrogen-bond acceptors (Lipinski definition) is 5. The van der Waals surface area contributed by atoms with Crippen LogP contribution in [0, 0.1) is 17.8 Å². The van der Waals surface area contributed by atoms with Crippen molar-refractivity contribution in [1.82, 2.24) is 0 Å². The molecule has 0 radical (unpaired) electrons. The number of benzene rings is 3. The first-order valence-corrected chi connectivity index (χ1v) is 14.6. The molecule has 7 rings (SSSR count). The van der Waals surface area contributed by atoms with Gasteiger partial charge in [-0.1, -0.05) is 31.2 Å². The van der Waals surface area contributed by atoms with Crippen LogP contribution in [0.2, 0.25) is 0 Å². The lowest BCUT2D eigenvalue weighted by molar-refractivity contribution is -0.150. The van der Waals surface area contributed by atoms with Crippen LogP contribution in [0.15, 0.2) is 54.6 Å². The second-order valence-electron chi connectivity index (χ2n) is 12.1. The molecule has 0 aromatic heterocycles. The van der Waals surface area contributed by atoms with Crippen molar-refractivity contribution in [2.45, 2.75) is 70.5 Å². The van der Waals surface area contributed by atoms with E-state index in [0.29, 0.717) is 12.2 Å². The van der Waals surface area contributed by atoms with E-state index in [2.05, 4.69) is 30.3 Å². The molecular formula is C34H40O5. The van der Waals surface area contributed by atoms with E-state index >= 15 is 0 Å². The van der Waals surface area contributed by atoms with Crippen molar-refractivity contribution in [3.63, 3.8) is 0 Å². The predicted molar refractivity (Wildman–Crippen MR) is 153 cm³/mol. The van der Waals surface area contributed by atoms with E-state index in [9.17, 15) is 4.79 Å². The Bertz CT molecular complexity index is 1290. The first kappa shape index (κ1) is 26.3. The van der Waals surface area contributed by atoms with Gasteiger partial charge in [0.15, 0.2) is 13.1 Å². The molecule has 0 saturated heterocycles. The highest BCUT2D eigenvalue weighted by Crippen LogP contribution is 2.62. The molecule has 3 aromatic rings. The predicted octanol–water partition coefficient (Wildman–Crippen LogP) is 7.89. The number of fused-ring (bicyclic) bond motifs is 1. The summed E-state index contributed by atoms with van der Waals surface area (Å²) >= 11 is 0. The van der Waals surface area contributed by atoms with Gasteiger partial charge < -0.3 is 18.9 Å². The van der Waals surface area contributed by atoms with Crippen LogP contribution in [0.1, 0.15) is 74.7 Å². The van der Waals surface area contributed by atoms with Gasteiger partial charge in [-0.05, 0) is 127 Å². The maximum absolute atomic E-state index is 12.2. The minimum atomic E-state index is -0.309. The summed E-state index contributed by atoms with van der Waals surface area (Å²) in [5.74, 6) is 3.23. The van der Waals surface area contributed by atoms with Crippen molar-refractivity contribution in [2.75, 3.05) is 20.5 Å². The molecule has 4 saturated carbocycles. The highest BCUT2D eigenvalue weighted by molar-refractivity contribution is 5.92. The normalized spacial score (nSPS) is 26.1. The van der Waals surface area contributed by atoms with E-state index < -0.39 is 0 Å². The molecule has 0 heterocycles. The molecule has 4 aliphatic carbocycles. The zero-order chi connectivity index (χ0) is 27.0. The van der Waals surface area contributed by atoms with Crippen LogP contribution in [-0.4, -0.2) is 32.8 Å². The highest BCUT2D eigenvalue weighted by Gasteiger charge is 2.52. The summed E-state index contributed by atoms with van der Waals surface area (Å²) < 4.78 is 22.6.